The molecule has 7 nitrogen and oxygen atoms in total. The van der Waals surface area contributed by atoms with Gasteiger partial charge < -0.3 is 14.5 Å². The Kier molecular flexibility index (Phi) is 5.42. The van der Waals surface area contributed by atoms with Crippen LogP contribution in [-0.4, -0.2) is 74.0 Å². The molecule has 1 aromatic carbocycles. The molecule has 2 spiro atoms. The van der Waals surface area contributed by atoms with Crippen molar-refractivity contribution >= 4 is 27.8 Å². The molecule has 33 heavy (non-hydrogen) atoms. The van der Waals surface area contributed by atoms with Crippen LogP contribution in [0.2, 0.25) is 0 Å². The van der Waals surface area contributed by atoms with Gasteiger partial charge in [-0.05, 0) is 60.7 Å². The zero-order valence-corrected chi connectivity index (χ0v) is 19.2. The lowest BCUT2D eigenvalue weighted by Gasteiger charge is -2.61. The largest absolute Gasteiger partial charge is 0.446 e. The highest BCUT2D eigenvalue weighted by Gasteiger charge is 2.57. The number of carbonyl (C=O) groups excluding carboxylic acids is 1. The second kappa shape index (κ2) is 7.72. The minimum atomic E-state index is -4.46. The highest BCUT2D eigenvalue weighted by molar-refractivity contribution is 8.00. The van der Waals surface area contributed by atoms with Crippen LogP contribution < -0.4 is 4.72 Å². The van der Waals surface area contributed by atoms with E-state index >= 15 is 0 Å². The quantitative estimate of drug-likeness (QED) is 0.501. The van der Waals surface area contributed by atoms with Crippen LogP contribution in [0.4, 0.5) is 22.4 Å². The third kappa shape index (κ3) is 4.82. The van der Waals surface area contributed by atoms with Crippen LogP contribution in [0.25, 0.3) is 0 Å². The molecular formula is C20H23F4N3O4S2. The van der Waals surface area contributed by atoms with Gasteiger partial charge in [0.25, 0.3) is 0 Å². The van der Waals surface area contributed by atoms with Gasteiger partial charge in [0.05, 0.1) is 12.1 Å². The van der Waals surface area contributed by atoms with Gasteiger partial charge >= 0.3 is 11.5 Å². The average Bonchev–Trinajstić information content (AvgIpc) is 2.57. The van der Waals surface area contributed by atoms with Crippen molar-refractivity contribution < 1.29 is 35.5 Å². The Bertz CT molecular complexity index is 1060. The fraction of sp³-hybridized carbons (Fsp3) is 0.650. The predicted molar refractivity (Wildman–Crippen MR) is 111 cm³/mol. The zero-order valence-electron chi connectivity index (χ0n) is 17.5. The summed E-state index contributed by atoms with van der Waals surface area (Å²) in [5.41, 5.74) is -4.62. The molecule has 2 amide bonds. The fourth-order valence-electron chi connectivity index (χ4n) is 5.64. The van der Waals surface area contributed by atoms with Crippen molar-refractivity contribution in [2.24, 2.45) is 11.3 Å². The van der Waals surface area contributed by atoms with Gasteiger partial charge in [0, 0.05) is 36.5 Å². The molecule has 1 aliphatic carbocycles. The van der Waals surface area contributed by atoms with Gasteiger partial charge in [0.2, 0.25) is 10.0 Å². The van der Waals surface area contributed by atoms with Crippen molar-refractivity contribution in [3.63, 3.8) is 0 Å². The van der Waals surface area contributed by atoms with Gasteiger partial charge in [0.15, 0.2) is 5.94 Å². The number of nitrogens with zero attached hydrogens (tertiary/aromatic N) is 2. The summed E-state index contributed by atoms with van der Waals surface area (Å²) in [6.45, 7) is 1.99. The van der Waals surface area contributed by atoms with E-state index in [9.17, 15) is 30.8 Å². The molecule has 0 radical (unpaired) electrons. The number of thioether (sulfide) groups is 1. The molecule has 0 aromatic heterocycles. The Morgan fingerprint density at radius 2 is 1.82 bits per heavy atom. The summed E-state index contributed by atoms with van der Waals surface area (Å²) in [7, 11) is -3.48. The third-order valence-electron chi connectivity index (χ3n) is 6.70. The van der Waals surface area contributed by atoms with E-state index in [4.69, 9.17) is 4.74 Å². The Morgan fingerprint density at radius 3 is 2.45 bits per heavy atom. The normalized spacial score (nSPS) is 25.5. The Hall–Kier alpha value is -1.57. The summed E-state index contributed by atoms with van der Waals surface area (Å²) < 4.78 is 82.7. The molecule has 0 atom stereocenters. The van der Waals surface area contributed by atoms with E-state index in [1.807, 2.05) is 0 Å². The number of carbonyl (C=O) groups is 1. The van der Waals surface area contributed by atoms with Crippen molar-refractivity contribution in [2.45, 2.75) is 35.2 Å². The van der Waals surface area contributed by atoms with Crippen LogP contribution in [0.15, 0.2) is 23.1 Å². The maximum absolute atomic E-state index is 13.8. The molecule has 4 aliphatic rings. The van der Waals surface area contributed by atoms with Crippen LogP contribution in [0.5, 0.6) is 0 Å². The van der Waals surface area contributed by atoms with Crippen molar-refractivity contribution in [3.8, 4) is 0 Å². The summed E-state index contributed by atoms with van der Waals surface area (Å²) >= 11 is -0.316. The van der Waals surface area contributed by atoms with E-state index in [2.05, 4.69) is 4.72 Å². The van der Waals surface area contributed by atoms with Gasteiger partial charge in [-0.3, -0.25) is 0 Å². The molecule has 182 valence electrons. The Balaban J connectivity index is 1.09. The Morgan fingerprint density at radius 1 is 1.15 bits per heavy atom. The molecule has 1 saturated carbocycles. The number of nitrogens with one attached hydrogen (secondary N) is 1. The molecule has 1 aromatic rings. The minimum absolute atomic E-state index is 0.0231. The minimum Gasteiger partial charge on any atom is -0.362 e. The SMILES string of the molecule is O=C(N1CC2(CC(Cc3cc(F)cc(SC(F)(F)F)c3)C2)C1)N1CC2(COCS(=O)(=O)N2)C1. The first-order valence-corrected chi connectivity index (χ1v) is 13.0. The van der Waals surface area contributed by atoms with Crippen molar-refractivity contribution in [1.82, 2.24) is 14.5 Å². The molecule has 3 saturated heterocycles. The van der Waals surface area contributed by atoms with Gasteiger partial charge in [-0.2, -0.15) is 13.2 Å². The molecule has 4 fully saturated rings. The van der Waals surface area contributed by atoms with E-state index in [1.165, 1.54) is 12.1 Å². The molecular weight excluding hydrogens is 486 g/mol. The van der Waals surface area contributed by atoms with E-state index in [0.29, 0.717) is 25.1 Å². The highest BCUT2D eigenvalue weighted by Crippen LogP contribution is 2.53. The monoisotopic (exact) mass is 509 g/mol. The maximum Gasteiger partial charge on any atom is 0.446 e. The van der Waals surface area contributed by atoms with E-state index in [0.717, 1.165) is 18.9 Å². The Labute approximate surface area is 192 Å². The standard InChI is InChI=1S/C20H23F4N3O4S2/c21-15-2-13(3-16(4-15)32-20(22,23)24)1-14-5-18(6-14)7-26(8-18)17(28)27-9-19(10-27)11-31-12-33(29,30)25-19/h2-4,14,25H,1,5-12H2. The van der Waals surface area contributed by atoms with Gasteiger partial charge in [-0.25, -0.2) is 22.3 Å². The number of sulfonamides is 1. The number of hydrogen-bond donors (Lipinski definition) is 1. The topological polar surface area (TPSA) is 79.0 Å². The molecule has 0 unspecified atom stereocenters. The average molecular weight is 510 g/mol. The lowest BCUT2D eigenvalue weighted by atomic mass is 9.56. The summed E-state index contributed by atoms with van der Waals surface area (Å²) in [6.07, 6.45) is 2.19. The summed E-state index contributed by atoms with van der Waals surface area (Å²) in [6, 6.07) is 3.44. The molecule has 3 heterocycles. The van der Waals surface area contributed by atoms with Gasteiger partial charge in [-0.1, -0.05) is 0 Å². The fourth-order valence-corrected chi connectivity index (χ4v) is 7.50. The van der Waals surface area contributed by atoms with Crippen LogP contribution in [0.3, 0.4) is 0 Å². The van der Waals surface area contributed by atoms with Crippen LogP contribution in [-0.2, 0) is 21.2 Å². The number of hydrogen-bond acceptors (Lipinski definition) is 5. The zero-order chi connectivity index (χ0) is 23.6. The van der Waals surface area contributed by atoms with Crippen LogP contribution >= 0.6 is 11.8 Å². The number of alkyl halides is 3. The van der Waals surface area contributed by atoms with E-state index < -0.39 is 26.9 Å². The summed E-state index contributed by atoms with van der Waals surface area (Å²) in [5, 5.41) is 0. The second-order valence-corrected chi connectivity index (χ2v) is 12.6. The molecule has 13 heteroatoms. The number of benzene rings is 1. The lowest BCUT2D eigenvalue weighted by molar-refractivity contribution is -0.0862. The first-order chi connectivity index (χ1) is 15.3. The number of rotatable bonds is 3. The summed E-state index contributed by atoms with van der Waals surface area (Å²) in [4.78, 5) is 15.9. The highest BCUT2D eigenvalue weighted by atomic mass is 32.2. The molecule has 3 aliphatic heterocycles. The van der Waals surface area contributed by atoms with Crippen molar-refractivity contribution in [1.29, 1.82) is 0 Å². The van der Waals surface area contributed by atoms with Gasteiger partial charge in [0.1, 0.15) is 5.82 Å². The lowest BCUT2D eigenvalue weighted by Crippen LogP contribution is -2.77. The van der Waals surface area contributed by atoms with E-state index in [-0.39, 0.29) is 59.7 Å². The first kappa shape index (κ1) is 23.2. The maximum atomic E-state index is 13.8. The predicted octanol–water partition coefficient (Wildman–Crippen LogP) is 2.77. The number of amides is 2. The third-order valence-corrected chi connectivity index (χ3v) is 8.63. The number of ether oxygens (including phenoxy) is 1. The first-order valence-electron chi connectivity index (χ1n) is 10.5. The number of halogens is 4. The molecule has 1 N–H and O–H groups in total. The van der Waals surface area contributed by atoms with Gasteiger partial charge in [-0.15, -0.1) is 0 Å². The number of urea groups is 1. The van der Waals surface area contributed by atoms with Crippen LogP contribution in [0, 0.1) is 17.2 Å². The molecule has 0 bridgehead atoms. The van der Waals surface area contributed by atoms with Crippen molar-refractivity contribution in [2.75, 3.05) is 38.7 Å². The summed E-state index contributed by atoms with van der Waals surface area (Å²) in [5.74, 6) is -0.795. The second-order valence-electron chi connectivity index (χ2n) is 9.78. The smallest absolute Gasteiger partial charge is 0.362 e. The molecule has 5 rings (SSSR count). The van der Waals surface area contributed by atoms with Crippen molar-refractivity contribution in [3.05, 3.63) is 29.6 Å². The van der Waals surface area contributed by atoms with E-state index in [1.54, 1.807) is 9.80 Å². The van der Waals surface area contributed by atoms with Crippen LogP contribution in [0.1, 0.15) is 18.4 Å². The number of likely N-dealkylation sites (tertiary alicyclic amines) is 2.